The molecule has 3 aromatic rings. The molecule has 7 heteroatoms. The van der Waals surface area contributed by atoms with Crippen LogP contribution < -0.4 is 10.2 Å². The van der Waals surface area contributed by atoms with Gasteiger partial charge in [-0.3, -0.25) is 4.79 Å². The Morgan fingerprint density at radius 1 is 1.29 bits per heavy atom. The molecule has 31 heavy (non-hydrogen) atoms. The third-order valence-electron chi connectivity index (χ3n) is 6.03. The predicted molar refractivity (Wildman–Crippen MR) is 117 cm³/mol. The largest absolute Gasteiger partial charge is 0.467 e. The van der Waals surface area contributed by atoms with E-state index in [9.17, 15) is 14.4 Å². The first-order valence-electron chi connectivity index (χ1n) is 10.4. The summed E-state index contributed by atoms with van der Waals surface area (Å²) in [6.07, 6.45) is 3.06. The number of hydrogen-bond donors (Lipinski definition) is 1. The minimum atomic E-state index is -0.244. The lowest BCUT2D eigenvalue weighted by Crippen LogP contribution is -2.38. The average Bonchev–Trinajstić information content (AvgIpc) is 3.34. The second kappa shape index (κ2) is 8.31. The van der Waals surface area contributed by atoms with Gasteiger partial charge in [0, 0.05) is 23.5 Å². The quantitative estimate of drug-likeness (QED) is 0.662. The van der Waals surface area contributed by atoms with Crippen molar-refractivity contribution >= 4 is 17.4 Å². The van der Waals surface area contributed by atoms with E-state index in [1.807, 2.05) is 36.3 Å². The molecule has 0 spiro atoms. The number of aryl methyl sites for hydroxylation is 1. The third kappa shape index (κ3) is 3.81. The van der Waals surface area contributed by atoms with Crippen molar-refractivity contribution in [3.05, 3.63) is 70.1 Å². The lowest BCUT2D eigenvalue weighted by atomic mass is 9.97. The summed E-state index contributed by atoms with van der Waals surface area (Å²) in [6, 6.07) is 9.12. The highest BCUT2D eigenvalue weighted by Crippen LogP contribution is 2.33. The molecule has 0 aliphatic carbocycles. The molecule has 1 N–H and O–H groups in total. The Morgan fingerprint density at radius 3 is 2.81 bits per heavy atom. The predicted octanol–water partition coefficient (Wildman–Crippen LogP) is 4.46. The SMILES string of the molecule is Cc1ccc(F)c2c1N(CC(=O)Nc1c(C#N)c(C)c(C)n1Cc1ccco1)CCC2. The smallest absolute Gasteiger partial charge is 0.245 e. The van der Waals surface area contributed by atoms with E-state index in [1.165, 1.54) is 6.07 Å². The molecule has 0 saturated carbocycles. The molecule has 1 aliphatic heterocycles. The van der Waals surface area contributed by atoms with Crippen molar-refractivity contribution in [1.29, 1.82) is 5.26 Å². The van der Waals surface area contributed by atoms with Crippen LogP contribution in [-0.4, -0.2) is 23.6 Å². The van der Waals surface area contributed by atoms with Crippen molar-refractivity contribution in [1.82, 2.24) is 4.57 Å². The molecule has 2 aromatic heterocycles. The fraction of sp³-hybridized carbons (Fsp3) is 0.333. The van der Waals surface area contributed by atoms with Crippen molar-refractivity contribution in [2.24, 2.45) is 0 Å². The van der Waals surface area contributed by atoms with Gasteiger partial charge in [-0.1, -0.05) is 6.07 Å². The molecule has 0 fully saturated rings. The van der Waals surface area contributed by atoms with E-state index in [2.05, 4.69) is 11.4 Å². The Labute approximate surface area is 180 Å². The maximum absolute atomic E-state index is 14.3. The van der Waals surface area contributed by atoms with E-state index in [1.54, 1.807) is 18.4 Å². The molecular weight excluding hydrogens is 395 g/mol. The van der Waals surface area contributed by atoms with Gasteiger partial charge in [0.15, 0.2) is 0 Å². The average molecular weight is 420 g/mol. The lowest BCUT2D eigenvalue weighted by Gasteiger charge is -2.32. The second-order valence-corrected chi connectivity index (χ2v) is 7.98. The van der Waals surface area contributed by atoms with Gasteiger partial charge in [-0.2, -0.15) is 5.26 Å². The fourth-order valence-corrected chi connectivity index (χ4v) is 4.35. The molecule has 1 amide bonds. The maximum Gasteiger partial charge on any atom is 0.245 e. The number of nitrogens with zero attached hydrogens (tertiary/aromatic N) is 3. The van der Waals surface area contributed by atoms with Gasteiger partial charge >= 0.3 is 0 Å². The van der Waals surface area contributed by atoms with Gasteiger partial charge in [0.2, 0.25) is 5.91 Å². The maximum atomic E-state index is 14.3. The standard InChI is InChI=1S/C24H25FN4O2/c1-15-8-9-21(25)19-7-4-10-28(23(15)19)14-22(30)27-24-20(12-26)16(2)17(3)29(24)13-18-6-5-11-31-18/h5-6,8-9,11H,4,7,10,13-14H2,1-3H3,(H,27,30). The molecule has 0 atom stereocenters. The van der Waals surface area contributed by atoms with Crippen molar-refractivity contribution < 1.29 is 13.6 Å². The number of fused-ring (bicyclic) bond motifs is 1. The van der Waals surface area contributed by atoms with Crippen LogP contribution >= 0.6 is 0 Å². The van der Waals surface area contributed by atoms with Crippen LogP contribution in [0.15, 0.2) is 34.9 Å². The minimum absolute atomic E-state index is 0.0895. The van der Waals surface area contributed by atoms with Crippen LogP contribution in [0.3, 0.4) is 0 Å². The zero-order valence-corrected chi connectivity index (χ0v) is 18.0. The van der Waals surface area contributed by atoms with E-state index in [0.717, 1.165) is 34.7 Å². The van der Waals surface area contributed by atoms with E-state index in [4.69, 9.17) is 4.42 Å². The topological polar surface area (TPSA) is 74.2 Å². The highest BCUT2D eigenvalue weighted by Gasteiger charge is 2.25. The summed E-state index contributed by atoms with van der Waals surface area (Å²) in [4.78, 5) is 15.0. The number of rotatable bonds is 5. The summed E-state index contributed by atoms with van der Waals surface area (Å²) in [5.41, 5.74) is 4.59. The molecule has 4 rings (SSSR count). The number of carbonyl (C=O) groups is 1. The Hall–Kier alpha value is -3.53. The van der Waals surface area contributed by atoms with E-state index in [0.29, 0.717) is 36.5 Å². The first-order valence-corrected chi connectivity index (χ1v) is 10.4. The van der Waals surface area contributed by atoms with Gasteiger partial charge < -0.3 is 19.2 Å². The molecule has 0 saturated heterocycles. The number of aromatic nitrogens is 1. The van der Waals surface area contributed by atoms with Crippen LogP contribution in [0.1, 0.15) is 40.1 Å². The van der Waals surface area contributed by atoms with Crippen LogP contribution in [0, 0.1) is 37.9 Å². The Bertz CT molecular complexity index is 1170. The molecule has 0 unspecified atom stereocenters. The van der Waals surface area contributed by atoms with Crippen LogP contribution in [0.4, 0.5) is 15.9 Å². The molecule has 160 valence electrons. The molecule has 6 nitrogen and oxygen atoms in total. The zero-order valence-electron chi connectivity index (χ0n) is 18.0. The Morgan fingerprint density at radius 2 is 2.10 bits per heavy atom. The third-order valence-corrected chi connectivity index (χ3v) is 6.03. The molecule has 3 heterocycles. The lowest BCUT2D eigenvalue weighted by molar-refractivity contribution is -0.115. The van der Waals surface area contributed by atoms with Crippen molar-refractivity contribution in [2.45, 2.75) is 40.2 Å². The van der Waals surface area contributed by atoms with Gasteiger partial charge in [-0.05, 0) is 62.9 Å². The molecule has 1 aliphatic rings. The van der Waals surface area contributed by atoms with E-state index < -0.39 is 0 Å². The van der Waals surface area contributed by atoms with Crippen LogP contribution in [-0.2, 0) is 17.8 Å². The van der Waals surface area contributed by atoms with Gasteiger partial charge in [0.25, 0.3) is 0 Å². The van der Waals surface area contributed by atoms with Crippen molar-refractivity contribution in [3.63, 3.8) is 0 Å². The highest BCUT2D eigenvalue weighted by molar-refractivity contribution is 5.95. The summed E-state index contributed by atoms with van der Waals surface area (Å²) in [6.45, 7) is 6.90. The monoisotopic (exact) mass is 420 g/mol. The highest BCUT2D eigenvalue weighted by atomic mass is 19.1. The number of nitriles is 1. The molecule has 0 radical (unpaired) electrons. The van der Waals surface area contributed by atoms with Crippen LogP contribution in [0.2, 0.25) is 0 Å². The van der Waals surface area contributed by atoms with E-state index >= 15 is 0 Å². The van der Waals surface area contributed by atoms with Gasteiger partial charge in [-0.25, -0.2) is 4.39 Å². The van der Waals surface area contributed by atoms with Crippen molar-refractivity contribution in [2.75, 3.05) is 23.3 Å². The number of carbonyl (C=O) groups excluding carboxylic acids is 1. The number of benzene rings is 1. The summed E-state index contributed by atoms with van der Waals surface area (Å²) in [7, 11) is 0. The Balaban J connectivity index is 1.61. The Kier molecular flexibility index (Phi) is 5.55. The second-order valence-electron chi connectivity index (χ2n) is 7.98. The van der Waals surface area contributed by atoms with Gasteiger partial charge in [-0.15, -0.1) is 0 Å². The zero-order chi connectivity index (χ0) is 22.1. The van der Waals surface area contributed by atoms with Crippen LogP contribution in [0.25, 0.3) is 0 Å². The number of nitrogens with one attached hydrogen (secondary N) is 1. The molecule has 1 aromatic carbocycles. The van der Waals surface area contributed by atoms with Crippen molar-refractivity contribution in [3.8, 4) is 6.07 Å². The summed E-state index contributed by atoms with van der Waals surface area (Å²) >= 11 is 0. The fourth-order valence-electron chi connectivity index (χ4n) is 4.35. The molecular formula is C24H25FN4O2. The number of amides is 1. The normalized spacial score (nSPS) is 13.1. The number of halogens is 1. The summed E-state index contributed by atoms with van der Waals surface area (Å²) < 4.78 is 21.7. The number of hydrogen-bond acceptors (Lipinski definition) is 4. The first kappa shape index (κ1) is 20.7. The molecule has 0 bridgehead atoms. The van der Waals surface area contributed by atoms with Gasteiger partial charge in [0.05, 0.1) is 24.9 Å². The minimum Gasteiger partial charge on any atom is -0.467 e. The first-order chi connectivity index (χ1) is 14.9. The number of furan rings is 1. The number of anilines is 2. The van der Waals surface area contributed by atoms with Gasteiger partial charge in [0.1, 0.15) is 23.5 Å². The summed E-state index contributed by atoms with van der Waals surface area (Å²) in [5, 5.41) is 12.6. The summed E-state index contributed by atoms with van der Waals surface area (Å²) in [5.74, 6) is 0.725. The van der Waals surface area contributed by atoms with Crippen LogP contribution in [0.5, 0.6) is 0 Å². The van der Waals surface area contributed by atoms with E-state index in [-0.39, 0.29) is 18.3 Å².